The van der Waals surface area contributed by atoms with Gasteiger partial charge in [0.1, 0.15) is 0 Å². The van der Waals surface area contributed by atoms with E-state index in [-0.39, 0.29) is 11.3 Å². The molecule has 0 saturated carbocycles. The van der Waals surface area contributed by atoms with Crippen LogP contribution in [0.25, 0.3) is 0 Å². The average Bonchev–Trinajstić information content (AvgIpc) is 2.39. The smallest absolute Gasteiger partial charge is 0.220 e. The van der Waals surface area contributed by atoms with Gasteiger partial charge in [-0.1, -0.05) is 44.2 Å². The van der Waals surface area contributed by atoms with Gasteiger partial charge in [0, 0.05) is 26.7 Å². The summed E-state index contributed by atoms with van der Waals surface area (Å²) in [5.41, 5.74) is 1.07. The lowest BCUT2D eigenvalue weighted by Gasteiger charge is -2.24. The van der Waals surface area contributed by atoms with Crippen molar-refractivity contribution in [3.63, 3.8) is 0 Å². The number of unbranched alkanes of at least 4 members (excludes halogenated alkanes) is 1. The Hall–Kier alpha value is -1.35. The number of amides is 1. The number of carbonyl (C=O) groups excluding carboxylic acids is 1. The first-order valence-electron chi connectivity index (χ1n) is 6.87. The maximum Gasteiger partial charge on any atom is 0.220 e. The monoisotopic (exact) mass is 263 g/mol. The Balaban J connectivity index is 2.35. The number of benzene rings is 1. The van der Waals surface area contributed by atoms with E-state index in [1.807, 2.05) is 18.2 Å². The second-order valence-electron chi connectivity index (χ2n) is 5.48. The number of rotatable bonds is 8. The summed E-state index contributed by atoms with van der Waals surface area (Å²) in [5, 5.41) is 2.97. The zero-order valence-corrected chi connectivity index (χ0v) is 12.2. The number of hydrogen-bond acceptors (Lipinski definition) is 2. The average molecular weight is 263 g/mol. The van der Waals surface area contributed by atoms with E-state index in [4.69, 9.17) is 4.74 Å². The first-order chi connectivity index (χ1) is 9.06. The van der Waals surface area contributed by atoms with Crippen LogP contribution in [-0.4, -0.2) is 26.2 Å². The van der Waals surface area contributed by atoms with Crippen LogP contribution in [0.2, 0.25) is 0 Å². The fourth-order valence-corrected chi connectivity index (χ4v) is 2.05. The van der Waals surface area contributed by atoms with Crippen molar-refractivity contribution in [2.45, 2.75) is 38.5 Å². The molecule has 19 heavy (non-hydrogen) atoms. The predicted octanol–water partition coefficient (Wildman–Crippen LogP) is 2.90. The lowest BCUT2D eigenvalue weighted by molar-refractivity contribution is -0.122. The van der Waals surface area contributed by atoms with E-state index in [1.165, 1.54) is 5.56 Å². The number of hydrogen-bond donors (Lipinski definition) is 1. The van der Waals surface area contributed by atoms with Gasteiger partial charge in [-0.3, -0.25) is 4.79 Å². The molecule has 0 spiro atoms. The molecule has 0 radical (unpaired) electrons. The van der Waals surface area contributed by atoms with Crippen LogP contribution in [0.1, 0.15) is 38.7 Å². The Morgan fingerprint density at radius 2 is 1.89 bits per heavy atom. The Morgan fingerprint density at radius 3 is 2.53 bits per heavy atom. The van der Waals surface area contributed by atoms with Gasteiger partial charge in [0.2, 0.25) is 5.91 Å². The second kappa shape index (κ2) is 7.95. The summed E-state index contributed by atoms with van der Waals surface area (Å²) in [6.07, 6.45) is 2.46. The lowest BCUT2D eigenvalue weighted by atomic mass is 9.81. The van der Waals surface area contributed by atoms with Crippen molar-refractivity contribution in [2.24, 2.45) is 0 Å². The van der Waals surface area contributed by atoms with Gasteiger partial charge in [0.15, 0.2) is 0 Å². The summed E-state index contributed by atoms with van der Waals surface area (Å²) >= 11 is 0. The van der Waals surface area contributed by atoms with Crippen molar-refractivity contribution in [1.29, 1.82) is 0 Å². The largest absolute Gasteiger partial charge is 0.385 e. The molecule has 3 heteroatoms. The molecule has 3 nitrogen and oxygen atoms in total. The summed E-state index contributed by atoms with van der Waals surface area (Å²) in [4.78, 5) is 11.9. The van der Waals surface area contributed by atoms with Crippen LogP contribution in [0, 0.1) is 0 Å². The summed E-state index contributed by atoms with van der Waals surface area (Å²) in [6.45, 7) is 5.69. The van der Waals surface area contributed by atoms with Gasteiger partial charge in [-0.25, -0.2) is 0 Å². The van der Waals surface area contributed by atoms with Crippen LogP contribution in [0.5, 0.6) is 0 Å². The van der Waals surface area contributed by atoms with Gasteiger partial charge >= 0.3 is 0 Å². The fourth-order valence-electron chi connectivity index (χ4n) is 2.05. The molecule has 0 heterocycles. The maximum atomic E-state index is 11.9. The molecular formula is C16H25NO2. The maximum absolute atomic E-state index is 11.9. The van der Waals surface area contributed by atoms with Gasteiger partial charge in [-0.05, 0) is 23.8 Å². The van der Waals surface area contributed by atoms with Crippen LogP contribution < -0.4 is 5.32 Å². The third-order valence-corrected chi connectivity index (χ3v) is 3.26. The third kappa shape index (κ3) is 5.88. The van der Waals surface area contributed by atoms with Crippen molar-refractivity contribution in [2.75, 3.05) is 20.3 Å². The Kier molecular flexibility index (Phi) is 6.57. The highest BCUT2D eigenvalue weighted by Crippen LogP contribution is 2.26. The van der Waals surface area contributed by atoms with Crippen molar-refractivity contribution >= 4 is 5.91 Å². The summed E-state index contributed by atoms with van der Waals surface area (Å²) < 4.78 is 4.97. The first-order valence-corrected chi connectivity index (χ1v) is 6.87. The molecule has 0 saturated heterocycles. The molecule has 1 aromatic rings. The Labute approximate surface area is 116 Å². The van der Waals surface area contributed by atoms with E-state index in [2.05, 4.69) is 31.3 Å². The SMILES string of the molecule is COCCCCNC(=O)CC(C)(C)c1ccccc1. The molecule has 1 amide bonds. The molecular weight excluding hydrogens is 238 g/mol. The highest BCUT2D eigenvalue weighted by Gasteiger charge is 2.23. The van der Waals surface area contributed by atoms with Crippen molar-refractivity contribution in [3.8, 4) is 0 Å². The van der Waals surface area contributed by atoms with E-state index >= 15 is 0 Å². The number of ether oxygens (including phenoxy) is 1. The van der Waals surface area contributed by atoms with E-state index in [9.17, 15) is 4.79 Å². The molecule has 1 rings (SSSR count). The van der Waals surface area contributed by atoms with Crippen molar-refractivity contribution in [3.05, 3.63) is 35.9 Å². The Bertz CT molecular complexity index is 374. The minimum atomic E-state index is -0.127. The van der Waals surface area contributed by atoms with Gasteiger partial charge in [0.05, 0.1) is 0 Å². The van der Waals surface area contributed by atoms with Gasteiger partial charge < -0.3 is 10.1 Å². The molecule has 1 aromatic carbocycles. The van der Waals surface area contributed by atoms with E-state index < -0.39 is 0 Å². The van der Waals surface area contributed by atoms with Gasteiger partial charge in [-0.2, -0.15) is 0 Å². The summed E-state index contributed by atoms with van der Waals surface area (Å²) in [6, 6.07) is 10.2. The normalized spacial score (nSPS) is 11.3. The predicted molar refractivity (Wildman–Crippen MR) is 78.2 cm³/mol. The van der Waals surface area contributed by atoms with Crippen molar-refractivity contribution in [1.82, 2.24) is 5.32 Å². The Morgan fingerprint density at radius 1 is 1.21 bits per heavy atom. The fraction of sp³-hybridized carbons (Fsp3) is 0.562. The number of nitrogens with one attached hydrogen (secondary N) is 1. The van der Waals surface area contributed by atoms with Gasteiger partial charge in [-0.15, -0.1) is 0 Å². The van der Waals surface area contributed by atoms with Crippen LogP contribution in [-0.2, 0) is 14.9 Å². The third-order valence-electron chi connectivity index (χ3n) is 3.26. The molecule has 0 bridgehead atoms. The molecule has 106 valence electrons. The van der Waals surface area contributed by atoms with Crippen molar-refractivity contribution < 1.29 is 9.53 Å². The number of methoxy groups -OCH3 is 1. The van der Waals surface area contributed by atoms with Gasteiger partial charge in [0.25, 0.3) is 0 Å². The molecule has 0 unspecified atom stereocenters. The molecule has 0 aliphatic heterocycles. The van der Waals surface area contributed by atoms with E-state index in [1.54, 1.807) is 7.11 Å². The zero-order chi connectivity index (χ0) is 14.1. The minimum Gasteiger partial charge on any atom is -0.385 e. The lowest BCUT2D eigenvalue weighted by Crippen LogP contribution is -2.31. The van der Waals surface area contributed by atoms with E-state index in [0.29, 0.717) is 6.42 Å². The quantitative estimate of drug-likeness (QED) is 0.732. The minimum absolute atomic E-state index is 0.117. The highest BCUT2D eigenvalue weighted by atomic mass is 16.5. The zero-order valence-electron chi connectivity index (χ0n) is 12.2. The van der Waals surface area contributed by atoms with E-state index in [0.717, 1.165) is 26.0 Å². The molecule has 1 N–H and O–H groups in total. The molecule has 0 aliphatic carbocycles. The topological polar surface area (TPSA) is 38.3 Å². The standard InChI is InChI=1S/C16H25NO2/c1-16(2,14-9-5-4-6-10-14)13-15(18)17-11-7-8-12-19-3/h4-6,9-10H,7-8,11-13H2,1-3H3,(H,17,18). The van der Waals surface area contributed by atoms with Crippen LogP contribution in [0.4, 0.5) is 0 Å². The van der Waals surface area contributed by atoms with Crippen LogP contribution in [0.3, 0.4) is 0 Å². The molecule has 0 fully saturated rings. The number of carbonyl (C=O) groups is 1. The van der Waals surface area contributed by atoms with Crippen LogP contribution in [0.15, 0.2) is 30.3 Å². The first kappa shape index (κ1) is 15.7. The highest BCUT2D eigenvalue weighted by molar-refractivity contribution is 5.77. The van der Waals surface area contributed by atoms with Crippen LogP contribution >= 0.6 is 0 Å². The summed E-state index contributed by atoms with van der Waals surface area (Å²) in [7, 11) is 1.70. The molecule has 0 atom stereocenters. The molecule has 0 aromatic heterocycles. The second-order valence-corrected chi connectivity index (χ2v) is 5.48. The summed E-state index contributed by atoms with van der Waals surface area (Å²) in [5.74, 6) is 0.117. The molecule has 0 aliphatic rings.